The lowest BCUT2D eigenvalue weighted by molar-refractivity contribution is 0.0436. The van der Waals surface area contributed by atoms with Gasteiger partial charge < -0.3 is 16.0 Å². The van der Waals surface area contributed by atoms with Gasteiger partial charge in [-0.1, -0.05) is 4.85 Å². The van der Waals surface area contributed by atoms with Gasteiger partial charge in [-0.25, -0.2) is 13.6 Å². The fourth-order valence-corrected chi connectivity index (χ4v) is 2.95. The maximum absolute atomic E-state index is 14.1. The second-order valence-electron chi connectivity index (χ2n) is 6.52. The number of amides is 2. The lowest BCUT2D eigenvalue weighted by atomic mass is 9.93. The molecule has 1 aliphatic heterocycles. The van der Waals surface area contributed by atoms with Crippen molar-refractivity contribution in [1.29, 1.82) is 5.26 Å². The van der Waals surface area contributed by atoms with Crippen LogP contribution in [0.15, 0.2) is 30.5 Å². The molecule has 1 fully saturated rings. The van der Waals surface area contributed by atoms with Gasteiger partial charge in [0.15, 0.2) is 5.82 Å². The number of carbonyl (C=O) groups is 2. The third kappa shape index (κ3) is 4.78. The van der Waals surface area contributed by atoms with Crippen LogP contribution >= 0.6 is 0 Å². The largest absolute Gasteiger partial charge is 0.436 e. The SMILES string of the molecule is N#CCC1CCN(C(=O)On2cc(C(N)=O)c(Nc3ccc(F)cc3)n2)CC1F. The Bertz CT molecular complexity index is 940. The van der Waals surface area contributed by atoms with Crippen molar-refractivity contribution in [3.05, 3.63) is 41.8 Å². The number of nitrogens with one attached hydrogen (secondary N) is 1. The number of piperidine rings is 1. The van der Waals surface area contributed by atoms with E-state index in [4.69, 9.17) is 15.8 Å². The quantitative estimate of drug-likeness (QED) is 0.785. The summed E-state index contributed by atoms with van der Waals surface area (Å²) in [5.41, 5.74) is 5.70. The summed E-state index contributed by atoms with van der Waals surface area (Å²) < 4.78 is 27.1. The summed E-state index contributed by atoms with van der Waals surface area (Å²) in [6.07, 6.45) is -0.641. The van der Waals surface area contributed by atoms with Crippen molar-refractivity contribution < 1.29 is 23.2 Å². The van der Waals surface area contributed by atoms with E-state index in [1.807, 2.05) is 6.07 Å². The van der Waals surface area contributed by atoms with Crippen LogP contribution in [0.2, 0.25) is 0 Å². The first-order valence-electron chi connectivity index (χ1n) is 8.77. The van der Waals surface area contributed by atoms with Gasteiger partial charge in [0.05, 0.1) is 18.8 Å². The Morgan fingerprint density at radius 2 is 2.10 bits per heavy atom. The molecule has 152 valence electrons. The molecule has 1 aromatic carbocycles. The highest BCUT2D eigenvalue weighted by Gasteiger charge is 2.32. The van der Waals surface area contributed by atoms with Crippen LogP contribution in [0.1, 0.15) is 23.2 Å². The van der Waals surface area contributed by atoms with E-state index < -0.39 is 29.9 Å². The fourth-order valence-electron chi connectivity index (χ4n) is 2.95. The van der Waals surface area contributed by atoms with Crippen LogP contribution in [0, 0.1) is 23.1 Å². The molecule has 0 spiro atoms. The monoisotopic (exact) mass is 404 g/mol. The smallest absolute Gasteiger partial charge is 0.365 e. The zero-order valence-electron chi connectivity index (χ0n) is 15.2. The second kappa shape index (κ2) is 8.55. The van der Waals surface area contributed by atoms with Gasteiger partial charge in [-0.3, -0.25) is 9.63 Å². The summed E-state index contributed by atoms with van der Waals surface area (Å²) in [7, 11) is 0. The number of primary amides is 1. The lowest BCUT2D eigenvalue weighted by Gasteiger charge is -2.32. The summed E-state index contributed by atoms with van der Waals surface area (Å²) >= 11 is 0. The summed E-state index contributed by atoms with van der Waals surface area (Å²) in [6.45, 7) is 0.0338. The van der Waals surface area contributed by atoms with E-state index in [1.165, 1.54) is 24.3 Å². The van der Waals surface area contributed by atoms with Gasteiger partial charge in [-0.05, 0) is 30.7 Å². The first-order valence-corrected chi connectivity index (χ1v) is 8.77. The second-order valence-corrected chi connectivity index (χ2v) is 6.52. The highest BCUT2D eigenvalue weighted by Crippen LogP contribution is 2.24. The molecule has 2 unspecified atom stereocenters. The Kier molecular flexibility index (Phi) is 5.92. The molecule has 1 aliphatic rings. The number of halogens is 2. The molecule has 29 heavy (non-hydrogen) atoms. The number of likely N-dealkylation sites (tertiary alicyclic amines) is 1. The molecule has 0 radical (unpaired) electrons. The average molecular weight is 404 g/mol. The van der Waals surface area contributed by atoms with Crippen molar-refractivity contribution in [2.24, 2.45) is 11.7 Å². The van der Waals surface area contributed by atoms with Crippen LogP contribution in [0.5, 0.6) is 0 Å². The number of nitrogens with two attached hydrogens (primary N) is 1. The van der Waals surface area contributed by atoms with Gasteiger partial charge in [-0.2, -0.15) is 5.26 Å². The Morgan fingerprint density at radius 1 is 1.38 bits per heavy atom. The molecule has 2 aromatic rings. The van der Waals surface area contributed by atoms with Crippen molar-refractivity contribution in [3.8, 4) is 6.07 Å². The third-order valence-corrected chi connectivity index (χ3v) is 4.53. The normalized spacial score (nSPS) is 18.7. The Balaban J connectivity index is 1.69. The summed E-state index contributed by atoms with van der Waals surface area (Å²) in [5.74, 6) is -1.66. The number of carbonyl (C=O) groups excluding carboxylic acids is 2. The van der Waals surface area contributed by atoms with Crippen molar-refractivity contribution in [2.75, 3.05) is 18.4 Å². The number of rotatable bonds is 5. The van der Waals surface area contributed by atoms with E-state index in [2.05, 4.69) is 10.4 Å². The number of aromatic nitrogens is 2. The van der Waals surface area contributed by atoms with Crippen LogP contribution in [0.25, 0.3) is 0 Å². The highest BCUT2D eigenvalue weighted by atomic mass is 19.1. The van der Waals surface area contributed by atoms with E-state index in [0.717, 1.165) is 15.9 Å². The fraction of sp³-hybridized carbons (Fsp3) is 0.333. The number of hydrogen-bond donors (Lipinski definition) is 2. The minimum atomic E-state index is -1.33. The minimum absolute atomic E-state index is 0.00741. The predicted octanol–water partition coefficient (Wildman–Crippen LogP) is 1.99. The number of anilines is 2. The third-order valence-electron chi connectivity index (χ3n) is 4.53. The molecular formula is C18H18F2N6O3. The van der Waals surface area contributed by atoms with E-state index in [-0.39, 0.29) is 30.9 Å². The number of benzene rings is 1. The zero-order valence-corrected chi connectivity index (χ0v) is 15.2. The number of nitriles is 1. The molecule has 3 N–H and O–H groups in total. The molecule has 11 heteroatoms. The topological polar surface area (TPSA) is 126 Å². The van der Waals surface area contributed by atoms with Crippen LogP contribution in [-0.4, -0.2) is 46.1 Å². The standard InChI is InChI=1S/C18H18F2N6O3/c19-12-1-3-13(4-2-12)23-17-14(16(22)27)9-26(24-17)29-18(28)25-8-6-11(5-7-21)15(20)10-25/h1-4,9,11,15H,5-6,8,10H2,(H2,22,27)(H,23,24). The molecule has 0 bridgehead atoms. The zero-order chi connectivity index (χ0) is 21.0. The van der Waals surface area contributed by atoms with Crippen LogP contribution < -0.4 is 15.9 Å². The summed E-state index contributed by atoms with van der Waals surface area (Å²) in [4.78, 5) is 30.9. The van der Waals surface area contributed by atoms with E-state index in [1.54, 1.807) is 0 Å². The molecule has 3 rings (SSSR count). The van der Waals surface area contributed by atoms with Crippen molar-refractivity contribution in [2.45, 2.75) is 19.0 Å². The molecule has 9 nitrogen and oxygen atoms in total. The molecule has 0 saturated carbocycles. The van der Waals surface area contributed by atoms with Crippen molar-refractivity contribution >= 4 is 23.5 Å². The van der Waals surface area contributed by atoms with Gasteiger partial charge in [0.25, 0.3) is 5.91 Å². The lowest BCUT2D eigenvalue weighted by Crippen LogP contribution is -2.47. The van der Waals surface area contributed by atoms with E-state index >= 15 is 0 Å². The number of alkyl halides is 1. The predicted molar refractivity (Wildman–Crippen MR) is 97.2 cm³/mol. The Morgan fingerprint density at radius 3 is 2.72 bits per heavy atom. The Hall–Kier alpha value is -3.68. The molecule has 2 atom stereocenters. The van der Waals surface area contributed by atoms with Gasteiger partial charge in [0, 0.05) is 24.6 Å². The van der Waals surface area contributed by atoms with Crippen LogP contribution in [0.3, 0.4) is 0 Å². The summed E-state index contributed by atoms with van der Waals surface area (Å²) in [6, 6.07) is 7.22. The molecule has 2 heterocycles. The summed E-state index contributed by atoms with van der Waals surface area (Å²) in [5, 5.41) is 15.4. The maximum atomic E-state index is 14.1. The van der Waals surface area contributed by atoms with Crippen molar-refractivity contribution in [3.63, 3.8) is 0 Å². The molecule has 0 aliphatic carbocycles. The maximum Gasteiger partial charge on any atom is 0.436 e. The van der Waals surface area contributed by atoms with Gasteiger partial charge in [0.2, 0.25) is 0 Å². The van der Waals surface area contributed by atoms with Crippen molar-refractivity contribution in [1.82, 2.24) is 14.8 Å². The van der Waals surface area contributed by atoms with Gasteiger partial charge in [0.1, 0.15) is 17.6 Å². The average Bonchev–Trinajstić information content (AvgIpc) is 3.08. The minimum Gasteiger partial charge on any atom is -0.365 e. The van der Waals surface area contributed by atoms with E-state index in [0.29, 0.717) is 12.1 Å². The number of hydrogen-bond acceptors (Lipinski definition) is 6. The first kappa shape index (κ1) is 20.1. The van der Waals surface area contributed by atoms with Gasteiger partial charge >= 0.3 is 6.09 Å². The van der Waals surface area contributed by atoms with E-state index in [9.17, 15) is 18.4 Å². The molecule has 1 saturated heterocycles. The first-order chi connectivity index (χ1) is 13.9. The van der Waals surface area contributed by atoms with Crippen LogP contribution in [0.4, 0.5) is 25.1 Å². The molecular weight excluding hydrogens is 386 g/mol. The van der Waals surface area contributed by atoms with Crippen LogP contribution in [-0.2, 0) is 0 Å². The molecule has 2 amide bonds. The Labute approximate surface area is 164 Å². The molecule has 1 aromatic heterocycles. The highest BCUT2D eigenvalue weighted by molar-refractivity contribution is 5.98. The van der Waals surface area contributed by atoms with Gasteiger partial charge in [-0.15, -0.1) is 5.10 Å². The number of nitrogens with zero attached hydrogens (tertiary/aromatic N) is 4.